The lowest BCUT2D eigenvalue weighted by molar-refractivity contribution is 0.0728. The van der Waals surface area contributed by atoms with E-state index in [0.717, 1.165) is 25.7 Å². The Kier molecular flexibility index (Phi) is 7.65. The molecule has 3 nitrogen and oxygen atoms in total. The lowest BCUT2D eigenvalue weighted by Crippen LogP contribution is -2.10. The Morgan fingerprint density at radius 1 is 1.04 bits per heavy atom. The lowest BCUT2D eigenvalue weighted by atomic mass is 9.99. The molecule has 0 N–H and O–H groups in total. The molecule has 0 spiro atoms. The molecule has 3 heteroatoms. The summed E-state index contributed by atoms with van der Waals surface area (Å²) in [5, 5.41) is 0. The second-order valence-electron chi connectivity index (χ2n) is 6.76. The van der Waals surface area contributed by atoms with E-state index in [1.54, 1.807) is 12.3 Å². The monoisotopic (exact) mass is 339 g/mol. The van der Waals surface area contributed by atoms with Gasteiger partial charge in [0.05, 0.1) is 0 Å². The van der Waals surface area contributed by atoms with Crippen molar-refractivity contribution in [1.82, 2.24) is 4.98 Å². The molecule has 0 aliphatic carbocycles. The molecule has 2 aromatic rings. The van der Waals surface area contributed by atoms with E-state index in [1.807, 2.05) is 30.3 Å². The molecule has 2 rings (SSSR count). The summed E-state index contributed by atoms with van der Waals surface area (Å²) < 4.78 is 5.42. The van der Waals surface area contributed by atoms with Crippen molar-refractivity contribution < 1.29 is 9.53 Å². The van der Waals surface area contributed by atoms with Crippen molar-refractivity contribution in [3.8, 4) is 5.75 Å². The van der Waals surface area contributed by atoms with Gasteiger partial charge in [0.15, 0.2) is 0 Å². The standard InChI is InChI=1S/C22H29NO2/c1-4-6-7-8-19-11-14-21(23-16-19)22(24)25-20-12-9-18(10-13-20)15-17(3)5-2/h9-14,16-17H,4-8,15H2,1-3H3/t17-/m0/s1. The molecule has 0 fully saturated rings. The van der Waals surface area contributed by atoms with Gasteiger partial charge in [-0.2, -0.15) is 0 Å². The predicted molar refractivity (Wildman–Crippen MR) is 102 cm³/mol. The van der Waals surface area contributed by atoms with E-state index < -0.39 is 5.97 Å². The molecule has 1 heterocycles. The molecule has 1 aromatic carbocycles. The largest absolute Gasteiger partial charge is 0.422 e. The van der Waals surface area contributed by atoms with Crippen LogP contribution in [-0.2, 0) is 12.8 Å². The van der Waals surface area contributed by atoms with Crippen LogP contribution in [0.25, 0.3) is 0 Å². The summed E-state index contributed by atoms with van der Waals surface area (Å²) in [5.41, 5.74) is 2.78. The van der Waals surface area contributed by atoms with Gasteiger partial charge in [-0.05, 0) is 54.5 Å². The van der Waals surface area contributed by atoms with Gasteiger partial charge in [0.25, 0.3) is 0 Å². The Balaban J connectivity index is 1.90. The number of carbonyl (C=O) groups is 1. The Labute approximate surface area is 151 Å². The first kappa shape index (κ1) is 19.2. The summed E-state index contributed by atoms with van der Waals surface area (Å²) in [5.74, 6) is 0.815. The van der Waals surface area contributed by atoms with Crippen LogP contribution in [0, 0.1) is 5.92 Å². The number of aromatic nitrogens is 1. The van der Waals surface area contributed by atoms with E-state index in [-0.39, 0.29) is 0 Å². The lowest BCUT2D eigenvalue weighted by Gasteiger charge is -2.09. The SMILES string of the molecule is CCCCCc1ccc(C(=O)Oc2ccc(C[C@@H](C)CC)cc2)nc1. The zero-order chi connectivity index (χ0) is 18.1. The molecule has 0 amide bonds. The number of hydrogen-bond donors (Lipinski definition) is 0. The van der Waals surface area contributed by atoms with Gasteiger partial charge in [-0.1, -0.05) is 58.2 Å². The van der Waals surface area contributed by atoms with Crippen molar-refractivity contribution in [2.45, 2.75) is 59.3 Å². The second kappa shape index (κ2) is 9.97. The minimum Gasteiger partial charge on any atom is -0.422 e. The van der Waals surface area contributed by atoms with Crippen molar-refractivity contribution in [3.63, 3.8) is 0 Å². The maximum Gasteiger partial charge on any atom is 0.362 e. The molecule has 0 aliphatic heterocycles. The van der Waals surface area contributed by atoms with Crippen molar-refractivity contribution in [1.29, 1.82) is 0 Å². The van der Waals surface area contributed by atoms with Gasteiger partial charge in [-0.3, -0.25) is 0 Å². The number of benzene rings is 1. The zero-order valence-electron chi connectivity index (χ0n) is 15.6. The number of nitrogens with zero attached hydrogens (tertiary/aromatic N) is 1. The highest BCUT2D eigenvalue weighted by Gasteiger charge is 2.10. The van der Waals surface area contributed by atoms with Crippen molar-refractivity contribution in [2.24, 2.45) is 5.92 Å². The van der Waals surface area contributed by atoms with Gasteiger partial charge in [0.1, 0.15) is 11.4 Å². The molecule has 1 aromatic heterocycles. The highest BCUT2D eigenvalue weighted by Crippen LogP contribution is 2.17. The van der Waals surface area contributed by atoms with Gasteiger partial charge in [-0.15, -0.1) is 0 Å². The van der Waals surface area contributed by atoms with Crippen LogP contribution in [0.1, 0.15) is 68.1 Å². The summed E-state index contributed by atoms with van der Waals surface area (Å²) >= 11 is 0. The highest BCUT2D eigenvalue weighted by atomic mass is 16.5. The molecular weight excluding hydrogens is 310 g/mol. The van der Waals surface area contributed by atoms with Crippen molar-refractivity contribution in [3.05, 3.63) is 59.4 Å². The maximum atomic E-state index is 12.2. The van der Waals surface area contributed by atoms with Gasteiger partial charge in [-0.25, -0.2) is 9.78 Å². The normalized spacial score (nSPS) is 12.0. The number of pyridine rings is 1. The quantitative estimate of drug-likeness (QED) is 0.338. The Bertz CT molecular complexity index is 647. The van der Waals surface area contributed by atoms with Crippen LogP contribution in [0.3, 0.4) is 0 Å². The third kappa shape index (κ3) is 6.33. The minimum absolute atomic E-state index is 0.350. The van der Waals surface area contributed by atoms with E-state index in [4.69, 9.17) is 4.74 Å². The predicted octanol–water partition coefficient (Wildman–Crippen LogP) is 5.62. The third-order valence-electron chi connectivity index (χ3n) is 4.52. The van der Waals surface area contributed by atoms with Crippen LogP contribution in [0.4, 0.5) is 0 Å². The van der Waals surface area contributed by atoms with Gasteiger partial charge in [0, 0.05) is 6.20 Å². The minimum atomic E-state index is -0.408. The number of aryl methyl sites for hydroxylation is 1. The number of ether oxygens (including phenoxy) is 1. The van der Waals surface area contributed by atoms with E-state index in [9.17, 15) is 4.79 Å². The highest BCUT2D eigenvalue weighted by molar-refractivity contribution is 5.88. The number of carbonyl (C=O) groups excluding carboxylic acids is 1. The van der Waals surface area contributed by atoms with E-state index in [1.165, 1.54) is 24.0 Å². The molecule has 0 radical (unpaired) electrons. The van der Waals surface area contributed by atoms with Gasteiger partial charge in [0.2, 0.25) is 0 Å². The Hall–Kier alpha value is -2.16. The molecule has 134 valence electrons. The maximum absolute atomic E-state index is 12.2. The van der Waals surface area contributed by atoms with E-state index in [2.05, 4.69) is 25.8 Å². The van der Waals surface area contributed by atoms with Crippen LogP contribution in [0.2, 0.25) is 0 Å². The molecule has 0 aliphatic rings. The number of hydrogen-bond acceptors (Lipinski definition) is 3. The van der Waals surface area contributed by atoms with E-state index >= 15 is 0 Å². The Morgan fingerprint density at radius 2 is 1.76 bits per heavy atom. The second-order valence-corrected chi connectivity index (χ2v) is 6.76. The van der Waals surface area contributed by atoms with Crippen molar-refractivity contribution >= 4 is 5.97 Å². The molecule has 0 saturated heterocycles. The first-order valence-electron chi connectivity index (χ1n) is 9.38. The molecule has 0 unspecified atom stereocenters. The first-order valence-corrected chi connectivity index (χ1v) is 9.38. The molecule has 0 saturated carbocycles. The number of rotatable bonds is 9. The average Bonchev–Trinajstić information content (AvgIpc) is 2.64. The summed E-state index contributed by atoms with van der Waals surface area (Å²) in [4.78, 5) is 16.5. The average molecular weight is 339 g/mol. The molecule has 25 heavy (non-hydrogen) atoms. The van der Waals surface area contributed by atoms with Gasteiger partial charge >= 0.3 is 5.97 Å². The topological polar surface area (TPSA) is 39.2 Å². The zero-order valence-corrected chi connectivity index (χ0v) is 15.6. The smallest absolute Gasteiger partial charge is 0.362 e. The number of unbranched alkanes of at least 4 members (excludes halogenated alkanes) is 2. The molecular formula is C22H29NO2. The van der Waals surface area contributed by atoms with Crippen LogP contribution in [0.5, 0.6) is 5.75 Å². The number of esters is 1. The Morgan fingerprint density at radius 3 is 2.36 bits per heavy atom. The summed E-state index contributed by atoms with van der Waals surface area (Å²) in [6.07, 6.45) is 8.58. The summed E-state index contributed by atoms with van der Waals surface area (Å²) in [6.45, 7) is 6.63. The molecule has 1 atom stereocenters. The molecule has 0 bridgehead atoms. The van der Waals surface area contributed by atoms with Crippen LogP contribution in [-0.4, -0.2) is 11.0 Å². The van der Waals surface area contributed by atoms with E-state index in [0.29, 0.717) is 17.4 Å². The van der Waals surface area contributed by atoms with Crippen LogP contribution in [0.15, 0.2) is 42.6 Å². The van der Waals surface area contributed by atoms with Crippen LogP contribution < -0.4 is 4.74 Å². The van der Waals surface area contributed by atoms with Crippen LogP contribution >= 0.6 is 0 Å². The third-order valence-corrected chi connectivity index (χ3v) is 4.52. The van der Waals surface area contributed by atoms with Crippen molar-refractivity contribution in [2.75, 3.05) is 0 Å². The fraction of sp³-hybridized carbons (Fsp3) is 0.455. The summed E-state index contributed by atoms with van der Waals surface area (Å²) in [7, 11) is 0. The fourth-order valence-corrected chi connectivity index (χ4v) is 2.67. The summed E-state index contributed by atoms with van der Waals surface area (Å²) in [6, 6.07) is 11.5. The van der Waals surface area contributed by atoms with Gasteiger partial charge < -0.3 is 4.74 Å². The fourth-order valence-electron chi connectivity index (χ4n) is 2.67. The first-order chi connectivity index (χ1) is 12.1.